The van der Waals surface area contributed by atoms with Crippen LogP contribution in [0.25, 0.3) is 12.2 Å². The lowest BCUT2D eigenvalue weighted by atomic mass is 9.99. The van der Waals surface area contributed by atoms with E-state index in [0.717, 1.165) is 63.0 Å². The molecule has 2 aliphatic rings. The zero-order chi connectivity index (χ0) is 23.8. The molecule has 34 heavy (non-hydrogen) atoms. The highest BCUT2D eigenvalue weighted by molar-refractivity contribution is 6.09. The van der Waals surface area contributed by atoms with Gasteiger partial charge in [0.25, 0.3) is 0 Å². The molecule has 0 atom stereocenters. The van der Waals surface area contributed by atoms with Crippen LogP contribution in [0.2, 0.25) is 0 Å². The normalized spacial score (nSPS) is 16.8. The van der Waals surface area contributed by atoms with Crippen LogP contribution in [0.4, 0.5) is 0 Å². The molecular weight excluding hydrogens is 424 g/mol. The Kier molecular flexibility index (Phi) is 8.08. The molecule has 0 spiro atoms. The fourth-order valence-electron chi connectivity index (χ4n) is 4.51. The Hall–Kier alpha value is -3.47. The number of carbonyl (C=O) groups is 3. The summed E-state index contributed by atoms with van der Waals surface area (Å²) in [6.07, 6.45) is 13.4. The lowest BCUT2D eigenvalue weighted by Crippen LogP contribution is -2.34. The highest BCUT2D eigenvalue weighted by atomic mass is 16.2. The number of hydrogen-bond acceptors (Lipinski definition) is 3. The predicted octanol–water partition coefficient (Wildman–Crippen LogP) is 4.97. The van der Waals surface area contributed by atoms with Gasteiger partial charge in [0, 0.05) is 49.5 Å². The molecule has 5 nitrogen and oxygen atoms in total. The summed E-state index contributed by atoms with van der Waals surface area (Å²) in [7, 11) is 0. The van der Waals surface area contributed by atoms with Gasteiger partial charge < -0.3 is 9.80 Å². The van der Waals surface area contributed by atoms with Gasteiger partial charge in [0.15, 0.2) is 5.78 Å². The average molecular weight is 457 g/mol. The SMILES string of the molecule is O=C(c1cccc(C=CC(=O)N2CCCCC2)c1)c1cccc(C=CC(=O)N2CCCCC2)c1. The van der Waals surface area contributed by atoms with Gasteiger partial charge in [0.2, 0.25) is 11.8 Å². The molecule has 0 aliphatic carbocycles. The summed E-state index contributed by atoms with van der Waals surface area (Å²) < 4.78 is 0. The molecule has 4 rings (SSSR count). The van der Waals surface area contributed by atoms with E-state index >= 15 is 0 Å². The van der Waals surface area contributed by atoms with Gasteiger partial charge in [0.05, 0.1) is 0 Å². The Bertz CT molecular complexity index is 1000. The summed E-state index contributed by atoms with van der Waals surface area (Å²) in [6.45, 7) is 3.26. The van der Waals surface area contributed by atoms with E-state index in [1.165, 1.54) is 12.8 Å². The minimum absolute atomic E-state index is 0.0232. The molecule has 2 heterocycles. The minimum atomic E-state index is -0.0878. The van der Waals surface area contributed by atoms with Crippen molar-refractivity contribution in [2.75, 3.05) is 26.2 Å². The Morgan fingerprint density at radius 3 is 1.41 bits per heavy atom. The maximum Gasteiger partial charge on any atom is 0.246 e. The van der Waals surface area contributed by atoms with Crippen molar-refractivity contribution in [2.24, 2.45) is 0 Å². The molecule has 0 saturated carbocycles. The van der Waals surface area contributed by atoms with E-state index in [1.807, 2.05) is 46.2 Å². The maximum atomic E-state index is 13.1. The second kappa shape index (κ2) is 11.6. The van der Waals surface area contributed by atoms with Gasteiger partial charge in [-0.2, -0.15) is 0 Å². The number of likely N-dealkylation sites (tertiary alicyclic amines) is 2. The topological polar surface area (TPSA) is 57.7 Å². The predicted molar refractivity (Wildman–Crippen MR) is 135 cm³/mol. The molecule has 2 saturated heterocycles. The summed E-state index contributed by atoms with van der Waals surface area (Å²) in [5.74, 6) is -0.0414. The van der Waals surface area contributed by atoms with E-state index in [4.69, 9.17) is 0 Å². The van der Waals surface area contributed by atoms with E-state index in [-0.39, 0.29) is 17.6 Å². The Labute approximate surface area is 201 Å². The molecule has 5 heteroatoms. The van der Waals surface area contributed by atoms with Crippen LogP contribution < -0.4 is 0 Å². The van der Waals surface area contributed by atoms with Gasteiger partial charge in [-0.1, -0.05) is 36.4 Å². The molecule has 176 valence electrons. The van der Waals surface area contributed by atoms with Crippen LogP contribution in [0, 0.1) is 0 Å². The summed E-state index contributed by atoms with van der Waals surface area (Å²) in [6, 6.07) is 14.6. The standard InChI is InChI=1S/C29H32N2O3/c32-27(30-17-3-1-4-18-30)15-13-23-9-7-11-25(21-23)29(34)26-12-8-10-24(22-26)14-16-28(33)31-19-5-2-6-20-31/h7-16,21-22H,1-6,17-20H2. The Balaban J connectivity index is 1.42. The zero-order valence-corrected chi connectivity index (χ0v) is 19.6. The fourth-order valence-corrected chi connectivity index (χ4v) is 4.51. The number of ketones is 1. The van der Waals surface area contributed by atoms with Crippen LogP contribution >= 0.6 is 0 Å². The number of amides is 2. The second-order valence-corrected chi connectivity index (χ2v) is 9.02. The lowest BCUT2D eigenvalue weighted by Gasteiger charge is -2.25. The van der Waals surface area contributed by atoms with Gasteiger partial charge in [-0.15, -0.1) is 0 Å². The van der Waals surface area contributed by atoms with E-state index in [9.17, 15) is 14.4 Å². The van der Waals surface area contributed by atoms with Crippen molar-refractivity contribution in [1.29, 1.82) is 0 Å². The number of carbonyl (C=O) groups excluding carboxylic acids is 3. The highest BCUT2D eigenvalue weighted by Gasteiger charge is 2.15. The van der Waals surface area contributed by atoms with Crippen molar-refractivity contribution in [3.8, 4) is 0 Å². The maximum absolute atomic E-state index is 13.1. The van der Waals surface area contributed by atoms with Crippen LogP contribution in [0.5, 0.6) is 0 Å². The van der Waals surface area contributed by atoms with Crippen LogP contribution in [0.3, 0.4) is 0 Å². The van der Waals surface area contributed by atoms with Crippen LogP contribution in [-0.2, 0) is 9.59 Å². The number of piperidine rings is 2. The third kappa shape index (κ3) is 6.31. The molecule has 0 radical (unpaired) electrons. The summed E-state index contributed by atoms with van der Waals surface area (Å²) in [4.78, 5) is 41.7. The molecule has 0 aromatic heterocycles. The molecule has 2 aromatic rings. The molecule has 2 aliphatic heterocycles. The number of benzene rings is 2. The van der Waals surface area contributed by atoms with Gasteiger partial charge in [-0.3, -0.25) is 14.4 Å². The summed E-state index contributed by atoms with van der Waals surface area (Å²) in [5, 5.41) is 0. The van der Waals surface area contributed by atoms with Crippen molar-refractivity contribution in [3.63, 3.8) is 0 Å². The summed E-state index contributed by atoms with van der Waals surface area (Å²) in [5.41, 5.74) is 2.77. The first-order valence-electron chi connectivity index (χ1n) is 12.3. The molecule has 0 bridgehead atoms. The molecule has 2 fully saturated rings. The zero-order valence-electron chi connectivity index (χ0n) is 19.6. The fraction of sp³-hybridized carbons (Fsp3) is 0.345. The molecule has 0 unspecified atom stereocenters. The van der Waals surface area contributed by atoms with Crippen molar-refractivity contribution < 1.29 is 14.4 Å². The van der Waals surface area contributed by atoms with Gasteiger partial charge in [-0.05, 0) is 73.9 Å². The minimum Gasteiger partial charge on any atom is -0.339 e. The number of nitrogens with zero attached hydrogens (tertiary/aromatic N) is 2. The lowest BCUT2D eigenvalue weighted by molar-refractivity contribution is -0.127. The van der Waals surface area contributed by atoms with Crippen molar-refractivity contribution in [2.45, 2.75) is 38.5 Å². The Morgan fingerprint density at radius 2 is 1.00 bits per heavy atom. The first kappa shape index (κ1) is 23.7. The van der Waals surface area contributed by atoms with E-state index in [2.05, 4.69) is 0 Å². The average Bonchev–Trinajstić information content (AvgIpc) is 2.91. The summed E-state index contributed by atoms with van der Waals surface area (Å²) >= 11 is 0. The van der Waals surface area contributed by atoms with E-state index < -0.39 is 0 Å². The van der Waals surface area contributed by atoms with Crippen molar-refractivity contribution in [3.05, 3.63) is 82.9 Å². The third-order valence-electron chi connectivity index (χ3n) is 6.47. The van der Waals surface area contributed by atoms with Crippen molar-refractivity contribution >= 4 is 29.7 Å². The molecule has 2 amide bonds. The van der Waals surface area contributed by atoms with Crippen molar-refractivity contribution in [1.82, 2.24) is 9.80 Å². The van der Waals surface area contributed by atoms with E-state index in [1.54, 1.807) is 36.4 Å². The Morgan fingerprint density at radius 1 is 0.588 bits per heavy atom. The molecule has 0 N–H and O–H groups in total. The number of hydrogen-bond donors (Lipinski definition) is 0. The van der Waals surface area contributed by atoms with Gasteiger partial charge in [0.1, 0.15) is 0 Å². The third-order valence-corrected chi connectivity index (χ3v) is 6.47. The first-order valence-corrected chi connectivity index (χ1v) is 12.3. The second-order valence-electron chi connectivity index (χ2n) is 9.02. The first-order chi connectivity index (χ1) is 16.6. The van der Waals surface area contributed by atoms with Crippen LogP contribution in [-0.4, -0.2) is 53.6 Å². The highest BCUT2D eigenvalue weighted by Crippen LogP contribution is 2.16. The molecule has 2 aromatic carbocycles. The molecular formula is C29H32N2O3. The largest absolute Gasteiger partial charge is 0.339 e. The smallest absolute Gasteiger partial charge is 0.246 e. The van der Waals surface area contributed by atoms with Gasteiger partial charge >= 0.3 is 0 Å². The number of rotatable bonds is 6. The monoisotopic (exact) mass is 456 g/mol. The van der Waals surface area contributed by atoms with Crippen LogP contribution in [0.15, 0.2) is 60.7 Å². The van der Waals surface area contributed by atoms with E-state index in [0.29, 0.717) is 11.1 Å². The quantitative estimate of drug-likeness (QED) is 0.456. The van der Waals surface area contributed by atoms with Crippen LogP contribution in [0.1, 0.15) is 65.6 Å². The van der Waals surface area contributed by atoms with Gasteiger partial charge in [-0.25, -0.2) is 0 Å².